The second kappa shape index (κ2) is 6.51. The van der Waals surface area contributed by atoms with Crippen LogP contribution in [0.25, 0.3) is 0 Å². The van der Waals surface area contributed by atoms with Crippen LogP contribution >= 0.6 is 0 Å². The molecule has 0 aliphatic carbocycles. The highest BCUT2D eigenvalue weighted by Crippen LogP contribution is 2.15. The molecule has 0 aromatic heterocycles. The molecule has 0 spiro atoms. The summed E-state index contributed by atoms with van der Waals surface area (Å²) < 4.78 is 5.05. The highest BCUT2D eigenvalue weighted by molar-refractivity contribution is 6.04. The molecule has 20 heavy (non-hydrogen) atoms. The van der Waals surface area contributed by atoms with Crippen LogP contribution in [-0.4, -0.2) is 28.1 Å². The maximum atomic E-state index is 11.8. The number of esters is 1. The van der Waals surface area contributed by atoms with E-state index in [1.54, 1.807) is 19.9 Å². The Balaban J connectivity index is 3.15. The first-order valence-corrected chi connectivity index (χ1v) is 5.88. The SMILES string of the molecule is CC=C(CC)OC(=O)c1ccc(C(=O)O)c(C(=O)O)c1. The molecule has 0 radical (unpaired) electrons. The highest BCUT2D eigenvalue weighted by atomic mass is 16.5. The Morgan fingerprint density at radius 1 is 1.15 bits per heavy atom. The van der Waals surface area contributed by atoms with Crippen molar-refractivity contribution in [2.45, 2.75) is 20.3 Å². The van der Waals surface area contributed by atoms with Crippen molar-refractivity contribution in [2.24, 2.45) is 0 Å². The van der Waals surface area contributed by atoms with Crippen LogP contribution in [0.5, 0.6) is 0 Å². The minimum atomic E-state index is -1.42. The van der Waals surface area contributed by atoms with Crippen molar-refractivity contribution in [1.82, 2.24) is 0 Å². The van der Waals surface area contributed by atoms with E-state index in [9.17, 15) is 14.4 Å². The molecule has 1 aromatic carbocycles. The van der Waals surface area contributed by atoms with Crippen molar-refractivity contribution >= 4 is 17.9 Å². The fourth-order valence-electron chi connectivity index (χ4n) is 1.55. The molecule has 0 bridgehead atoms. The molecule has 0 unspecified atom stereocenters. The molecule has 1 aromatic rings. The summed E-state index contributed by atoms with van der Waals surface area (Å²) in [5, 5.41) is 17.8. The van der Waals surface area contributed by atoms with Gasteiger partial charge in [-0.15, -0.1) is 0 Å². The quantitative estimate of drug-likeness (QED) is 0.634. The first kappa shape index (κ1) is 15.4. The molecule has 0 heterocycles. The number of aromatic carboxylic acids is 2. The van der Waals surface area contributed by atoms with E-state index in [0.717, 1.165) is 12.1 Å². The number of carboxylic acids is 2. The molecule has 2 N–H and O–H groups in total. The molecule has 6 heteroatoms. The fourth-order valence-corrected chi connectivity index (χ4v) is 1.55. The van der Waals surface area contributed by atoms with Crippen molar-refractivity contribution in [2.75, 3.05) is 0 Å². The van der Waals surface area contributed by atoms with Crippen LogP contribution in [0.15, 0.2) is 30.0 Å². The molecule has 6 nitrogen and oxygen atoms in total. The molecular formula is C14H14O6. The Hall–Kier alpha value is -2.63. The zero-order chi connectivity index (χ0) is 15.3. The number of carbonyl (C=O) groups excluding carboxylic acids is 1. The second-order valence-corrected chi connectivity index (χ2v) is 3.87. The standard InChI is InChI=1S/C14H14O6/c1-3-9(4-2)20-14(19)8-5-6-10(12(15)16)11(7-8)13(17)18/h3,5-7H,4H2,1-2H3,(H,15,16)(H,17,18). The van der Waals surface area contributed by atoms with Gasteiger partial charge in [0.05, 0.1) is 16.7 Å². The Bertz CT molecular complexity index is 585. The first-order valence-electron chi connectivity index (χ1n) is 5.88. The van der Waals surface area contributed by atoms with Gasteiger partial charge in [-0.2, -0.15) is 0 Å². The normalized spacial score (nSPS) is 11.0. The molecular weight excluding hydrogens is 264 g/mol. The maximum Gasteiger partial charge on any atom is 0.343 e. The molecule has 0 aliphatic heterocycles. The molecule has 0 aliphatic rings. The lowest BCUT2D eigenvalue weighted by Gasteiger charge is -2.08. The molecule has 0 saturated carbocycles. The number of benzene rings is 1. The van der Waals surface area contributed by atoms with Gasteiger partial charge in [-0.1, -0.05) is 6.92 Å². The van der Waals surface area contributed by atoms with E-state index in [1.807, 2.05) is 0 Å². The monoisotopic (exact) mass is 278 g/mol. The Kier molecular flexibility index (Phi) is 5.02. The summed E-state index contributed by atoms with van der Waals surface area (Å²) in [4.78, 5) is 33.7. The predicted molar refractivity (Wildman–Crippen MR) is 69.8 cm³/mol. The lowest BCUT2D eigenvalue weighted by atomic mass is 10.0. The molecule has 0 atom stereocenters. The zero-order valence-electron chi connectivity index (χ0n) is 11.0. The largest absolute Gasteiger partial charge is 0.478 e. The highest BCUT2D eigenvalue weighted by Gasteiger charge is 2.19. The number of rotatable bonds is 5. The van der Waals surface area contributed by atoms with Gasteiger partial charge >= 0.3 is 17.9 Å². The van der Waals surface area contributed by atoms with Crippen LogP contribution in [0.2, 0.25) is 0 Å². The van der Waals surface area contributed by atoms with Gasteiger partial charge in [0.15, 0.2) is 0 Å². The third-order valence-electron chi connectivity index (χ3n) is 2.61. The van der Waals surface area contributed by atoms with Gasteiger partial charge in [-0.3, -0.25) is 0 Å². The molecule has 106 valence electrons. The number of allylic oxidation sites excluding steroid dienone is 2. The van der Waals surface area contributed by atoms with Crippen molar-refractivity contribution in [1.29, 1.82) is 0 Å². The fraction of sp³-hybridized carbons (Fsp3) is 0.214. The Morgan fingerprint density at radius 3 is 2.20 bits per heavy atom. The third-order valence-corrected chi connectivity index (χ3v) is 2.61. The van der Waals surface area contributed by atoms with Crippen LogP contribution in [-0.2, 0) is 4.74 Å². The van der Waals surface area contributed by atoms with E-state index in [0.29, 0.717) is 12.2 Å². The number of hydrogen-bond donors (Lipinski definition) is 2. The maximum absolute atomic E-state index is 11.8. The van der Waals surface area contributed by atoms with E-state index >= 15 is 0 Å². The zero-order valence-corrected chi connectivity index (χ0v) is 11.0. The summed E-state index contributed by atoms with van der Waals surface area (Å²) in [6.45, 7) is 3.52. The van der Waals surface area contributed by atoms with Gasteiger partial charge in [0, 0.05) is 6.42 Å². The molecule has 0 fully saturated rings. The third kappa shape index (κ3) is 3.44. The minimum absolute atomic E-state index is 0.0137. The van der Waals surface area contributed by atoms with E-state index in [4.69, 9.17) is 14.9 Å². The summed E-state index contributed by atoms with van der Waals surface area (Å²) in [5.74, 6) is -3.06. The minimum Gasteiger partial charge on any atom is -0.478 e. The smallest absolute Gasteiger partial charge is 0.343 e. The van der Waals surface area contributed by atoms with Crippen LogP contribution in [0.4, 0.5) is 0 Å². The summed E-state index contributed by atoms with van der Waals surface area (Å²) in [7, 11) is 0. The van der Waals surface area contributed by atoms with Crippen molar-refractivity contribution < 1.29 is 29.3 Å². The van der Waals surface area contributed by atoms with Gasteiger partial charge in [0.25, 0.3) is 0 Å². The number of ether oxygens (including phenoxy) is 1. The van der Waals surface area contributed by atoms with Crippen LogP contribution < -0.4 is 0 Å². The average Bonchev–Trinajstić information content (AvgIpc) is 2.43. The van der Waals surface area contributed by atoms with E-state index < -0.39 is 23.5 Å². The Morgan fingerprint density at radius 2 is 1.75 bits per heavy atom. The van der Waals surface area contributed by atoms with Gasteiger partial charge in [0.1, 0.15) is 5.76 Å². The Labute approximate surface area is 115 Å². The van der Waals surface area contributed by atoms with Crippen molar-refractivity contribution in [3.63, 3.8) is 0 Å². The van der Waals surface area contributed by atoms with E-state index in [-0.39, 0.29) is 11.1 Å². The van der Waals surface area contributed by atoms with Gasteiger partial charge < -0.3 is 14.9 Å². The summed E-state index contributed by atoms with van der Waals surface area (Å²) in [6.07, 6.45) is 2.14. The van der Waals surface area contributed by atoms with Crippen LogP contribution in [0.3, 0.4) is 0 Å². The van der Waals surface area contributed by atoms with E-state index in [2.05, 4.69) is 0 Å². The molecule has 1 rings (SSSR count). The molecule has 0 amide bonds. The predicted octanol–water partition coefficient (Wildman–Crippen LogP) is 2.55. The summed E-state index contributed by atoms with van der Waals surface area (Å²) in [6, 6.07) is 3.29. The van der Waals surface area contributed by atoms with Crippen molar-refractivity contribution in [3.8, 4) is 0 Å². The number of carbonyl (C=O) groups is 3. The summed E-state index contributed by atoms with van der Waals surface area (Å²) >= 11 is 0. The van der Waals surface area contributed by atoms with Crippen LogP contribution in [0.1, 0.15) is 51.3 Å². The van der Waals surface area contributed by atoms with Gasteiger partial charge in [0.2, 0.25) is 0 Å². The lowest BCUT2D eigenvalue weighted by molar-refractivity contribution is 0.0612. The molecule has 0 saturated heterocycles. The average molecular weight is 278 g/mol. The van der Waals surface area contributed by atoms with E-state index in [1.165, 1.54) is 6.07 Å². The lowest BCUT2D eigenvalue weighted by Crippen LogP contribution is -2.11. The van der Waals surface area contributed by atoms with Gasteiger partial charge in [-0.05, 0) is 31.2 Å². The first-order chi connectivity index (χ1) is 9.40. The summed E-state index contributed by atoms with van der Waals surface area (Å²) in [5.41, 5.74) is -0.846. The topological polar surface area (TPSA) is 101 Å². The number of hydrogen-bond acceptors (Lipinski definition) is 4. The van der Waals surface area contributed by atoms with Gasteiger partial charge in [-0.25, -0.2) is 14.4 Å². The second-order valence-electron chi connectivity index (χ2n) is 3.87. The van der Waals surface area contributed by atoms with Crippen molar-refractivity contribution in [3.05, 3.63) is 46.7 Å². The van der Waals surface area contributed by atoms with Crippen LogP contribution in [0, 0.1) is 0 Å². The number of carboxylic acid groups (broad SMARTS) is 2.